The third-order valence-electron chi connectivity index (χ3n) is 4.38. The van der Waals surface area contributed by atoms with Gasteiger partial charge in [-0.2, -0.15) is 0 Å². The molecule has 0 spiro atoms. The van der Waals surface area contributed by atoms with Crippen LogP contribution in [0.3, 0.4) is 0 Å². The highest BCUT2D eigenvalue weighted by Gasteiger charge is 2.29. The summed E-state index contributed by atoms with van der Waals surface area (Å²) in [6.45, 7) is 6.89. The zero-order chi connectivity index (χ0) is 12.3. The van der Waals surface area contributed by atoms with Crippen LogP contribution in [0, 0.1) is 0 Å². The Morgan fingerprint density at radius 1 is 1.12 bits per heavy atom. The van der Waals surface area contributed by atoms with Crippen molar-refractivity contribution in [3.8, 4) is 0 Å². The molecule has 0 amide bonds. The largest absolute Gasteiger partial charge is 0.392 e. The Hall–Kier alpha value is -0.120. The van der Waals surface area contributed by atoms with Crippen LogP contribution >= 0.6 is 0 Å². The maximum atomic E-state index is 10.1. The monoisotopic (exact) mass is 240 g/mol. The van der Waals surface area contributed by atoms with Crippen LogP contribution in [0.1, 0.15) is 52.4 Å². The maximum absolute atomic E-state index is 10.1. The normalized spacial score (nSPS) is 36.4. The van der Waals surface area contributed by atoms with Gasteiger partial charge in [-0.1, -0.05) is 19.3 Å². The van der Waals surface area contributed by atoms with Gasteiger partial charge in [0, 0.05) is 24.7 Å². The Morgan fingerprint density at radius 3 is 2.59 bits per heavy atom. The van der Waals surface area contributed by atoms with Crippen molar-refractivity contribution >= 4 is 0 Å². The summed E-state index contributed by atoms with van der Waals surface area (Å²) in [5.41, 5.74) is 0. The van der Waals surface area contributed by atoms with Gasteiger partial charge in [-0.3, -0.25) is 4.90 Å². The number of nitrogens with zero attached hydrogens (tertiary/aromatic N) is 1. The molecule has 100 valence electrons. The van der Waals surface area contributed by atoms with Gasteiger partial charge in [0.05, 0.1) is 6.10 Å². The second-order valence-electron chi connectivity index (χ2n) is 6.05. The first-order valence-corrected chi connectivity index (χ1v) is 7.35. The van der Waals surface area contributed by atoms with Gasteiger partial charge in [-0.25, -0.2) is 0 Å². The zero-order valence-corrected chi connectivity index (χ0v) is 11.4. The molecular formula is C14H28N2O. The Morgan fingerprint density at radius 2 is 1.88 bits per heavy atom. The molecule has 3 unspecified atom stereocenters. The minimum Gasteiger partial charge on any atom is -0.392 e. The number of hydrogen-bond donors (Lipinski definition) is 2. The number of rotatable bonds is 3. The summed E-state index contributed by atoms with van der Waals surface area (Å²) in [6.07, 6.45) is 7.01. The van der Waals surface area contributed by atoms with Gasteiger partial charge < -0.3 is 10.4 Å². The van der Waals surface area contributed by atoms with Crippen LogP contribution < -0.4 is 5.32 Å². The van der Waals surface area contributed by atoms with Crippen LogP contribution in [-0.2, 0) is 0 Å². The van der Waals surface area contributed by atoms with E-state index in [0.29, 0.717) is 18.1 Å². The highest BCUT2D eigenvalue weighted by Crippen LogP contribution is 2.20. The lowest BCUT2D eigenvalue weighted by Crippen LogP contribution is -2.46. The predicted molar refractivity (Wildman–Crippen MR) is 71.1 cm³/mol. The van der Waals surface area contributed by atoms with Crippen molar-refractivity contribution in [3.05, 3.63) is 0 Å². The van der Waals surface area contributed by atoms with Crippen LogP contribution in [0.5, 0.6) is 0 Å². The van der Waals surface area contributed by atoms with Crippen LogP contribution in [-0.4, -0.2) is 47.3 Å². The molecule has 2 rings (SSSR count). The molecule has 1 aliphatic carbocycles. The molecule has 17 heavy (non-hydrogen) atoms. The van der Waals surface area contributed by atoms with Gasteiger partial charge in [-0.15, -0.1) is 0 Å². The van der Waals surface area contributed by atoms with E-state index in [9.17, 15) is 5.11 Å². The van der Waals surface area contributed by atoms with Crippen LogP contribution in [0.4, 0.5) is 0 Å². The lowest BCUT2D eigenvalue weighted by molar-refractivity contribution is 0.113. The summed E-state index contributed by atoms with van der Waals surface area (Å²) in [4.78, 5) is 2.53. The zero-order valence-electron chi connectivity index (χ0n) is 11.4. The van der Waals surface area contributed by atoms with E-state index in [4.69, 9.17) is 0 Å². The fraction of sp³-hybridized carbons (Fsp3) is 1.00. The third kappa shape index (κ3) is 3.67. The average Bonchev–Trinajstić information content (AvgIpc) is 2.66. The van der Waals surface area contributed by atoms with E-state index in [1.165, 1.54) is 32.2 Å². The molecule has 0 radical (unpaired) electrons. The van der Waals surface area contributed by atoms with Gasteiger partial charge in [0.2, 0.25) is 0 Å². The molecule has 3 heteroatoms. The second kappa shape index (κ2) is 6.17. The predicted octanol–water partition coefficient (Wildman–Crippen LogP) is 1.75. The Balaban J connectivity index is 1.80. The molecule has 2 N–H and O–H groups in total. The molecule has 1 aliphatic heterocycles. The molecule has 1 saturated heterocycles. The third-order valence-corrected chi connectivity index (χ3v) is 4.38. The SMILES string of the molecule is CC(C)N1CCC(NC2CCCCCC2O)C1. The van der Waals surface area contributed by atoms with Crippen LogP contribution in [0.15, 0.2) is 0 Å². The maximum Gasteiger partial charge on any atom is 0.0693 e. The Kier molecular flexibility index (Phi) is 4.83. The van der Waals surface area contributed by atoms with Crippen molar-refractivity contribution in [2.75, 3.05) is 13.1 Å². The van der Waals surface area contributed by atoms with E-state index in [1.807, 2.05) is 0 Å². The fourth-order valence-corrected chi connectivity index (χ4v) is 3.18. The molecule has 0 aromatic rings. The molecular weight excluding hydrogens is 212 g/mol. The van der Waals surface area contributed by atoms with Crippen molar-refractivity contribution < 1.29 is 5.11 Å². The Labute approximate surface area is 106 Å². The van der Waals surface area contributed by atoms with Crippen LogP contribution in [0.2, 0.25) is 0 Å². The first-order chi connectivity index (χ1) is 8.16. The molecule has 3 nitrogen and oxygen atoms in total. The van der Waals surface area contributed by atoms with Crippen LogP contribution in [0.25, 0.3) is 0 Å². The minimum atomic E-state index is -0.120. The van der Waals surface area contributed by atoms with Crippen molar-refractivity contribution in [3.63, 3.8) is 0 Å². The number of aliphatic hydroxyl groups is 1. The average molecular weight is 240 g/mol. The van der Waals surface area contributed by atoms with Crippen molar-refractivity contribution in [1.82, 2.24) is 10.2 Å². The van der Waals surface area contributed by atoms with Gasteiger partial charge in [0.1, 0.15) is 0 Å². The van der Waals surface area contributed by atoms with E-state index in [0.717, 1.165) is 19.4 Å². The van der Waals surface area contributed by atoms with Crippen molar-refractivity contribution in [2.24, 2.45) is 0 Å². The number of aliphatic hydroxyl groups excluding tert-OH is 1. The van der Waals surface area contributed by atoms with E-state index >= 15 is 0 Å². The summed E-state index contributed by atoms with van der Waals surface area (Å²) < 4.78 is 0. The lowest BCUT2D eigenvalue weighted by Gasteiger charge is -2.26. The number of likely N-dealkylation sites (tertiary alicyclic amines) is 1. The lowest BCUT2D eigenvalue weighted by atomic mass is 10.0. The molecule has 3 atom stereocenters. The Bertz CT molecular complexity index is 232. The molecule has 0 aromatic carbocycles. The van der Waals surface area contributed by atoms with Gasteiger partial charge in [0.25, 0.3) is 0 Å². The molecule has 0 bridgehead atoms. The first-order valence-electron chi connectivity index (χ1n) is 7.35. The van der Waals surface area contributed by atoms with E-state index in [1.54, 1.807) is 0 Å². The summed E-state index contributed by atoms with van der Waals surface area (Å²) in [5.74, 6) is 0. The second-order valence-corrected chi connectivity index (χ2v) is 6.05. The fourth-order valence-electron chi connectivity index (χ4n) is 3.18. The summed E-state index contributed by atoms with van der Waals surface area (Å²) >= 11 is 0. The summed E-state index contributed by atoms with van der Waals surface area (Å²) in [7, 11) is 0. The highest BCUT2D eigenvalue weighted by molar-refractivity contribution is 4.88. The highest BCUT2D eigenvalue weighted by atomic mass is 16.3. The minimum absolute atomic E-state index is 0.120. The molecule has 1 heterocycles. The molecule has 2 fully saturated rings. The topological polar surface area (TPSA) is 35.5 Å². The first kappa shape index (κ1) is 13.3. The summed E-state index contributed by atoms with van der Waals surface area (Å²) in [5, 5.41) is 13.8. The standard InChI is InChI=1S/C14H28N2O/c1-11(2)16-9-8-12(10-16)15-13-6-4-3-5-7-14(13)17/h11-15,17H,3-10H2,1-2H3. The van der Waals surface area contributed by atoms with Gasteiger partial charge in [0.15, 0.2) is 0 Å². The van der Waals surface area contributed by atoms with Crippen molar-refractivity contribution in [2.45, 2.75) is 76.6 Å². The molecule has 0 aromatic heterocycles. The number of hydrogen-bond acceptors (Lipinski definition) is 3. The van der Waals surface area contributed by atoms with Gasteiger partial charge >= 0.3 is 0 Å². The quantitative estimate of drug-likeness (QED) is 0.738. The van der Waals surface area contributed by atoms with E-state index in [2.05, 4.69) is 24.1 Å². The molecule has 1 saturated carbocycles. The molecule has 2 aliphatic rings. The van der Waals surface area contributed by atoms with E-state index in [-0.39, 0.29) is 6.10 Å². The van der Waals surface area contributed by atoms with E-state index < -0.39 is 0 Å². The smallest absolute Gasteiger partial charge is 0.0693 e. The van der Waals surface area contributed by atoms with Gasteiger partial charge in [-0.05, 0) is 39.7 Å². The van der Waals surface area contributed by atoms with Crippen molar-refractivity contribution in [1.29, 1.82) is 0 Å². The summed E-state index contributed by atoms with van der Waals surface area (Å²) in [6, 6.07) is 1.59. The number of nitrogens with one attached hydrogen (secondary N) is 1.